The van der Waals surface area contributed by atoms with Gasteiger partial charge in [0, 0.05) is 0 Å². The first-order chi connectivity index (χ1) is 15.3. The van der Waals surface area contributed by atoms with Gasteiger partial charge >= 0.3 is 0 Å². The number of hydrogen-bond acceptors (Lipinski definition) is 0. The molecule has 32 heavy (non-hydrogen) atoms. The monoisotopic (exact) mass is 444 g/mol. The van der Waals surface area contributed by atoms with Crippen LogP contribution < -0.4 is 0 Å². The van der Waals surface area contributed by atoms with Crippen molar-refractivity contribution in [3.63, 3.8) is 0 Å². The Morgan fingerprint density at radius 1 is 0.812 bits per heavy atom. The lowest BCUT2D eigenvalue weighted by atomic mass is 9.88. The van der Waals surface area contributed by atoms with Crippen LogP contribution in [0, 0.1) is 25.7 Å². The van der Waals surface area contributed by atoms with Crippen LogP contribution >= 0.6 is 0 Å². The summed E-state index contributed by atoms with van der Waals surface area (Å²) in [5.41, 5.74) is 7.55. The number of allylic oxidation sites excluding steroid dienone is 2. The van der Waals surface area contributed by atoms with Gasteiger partial charge in [-0.15, -0.1) is 12.8 Å². The topological polar surface area (TPSA) is 0 Å². The van der Waals surface area contributed by atoms with Gasteiger partial charge in [-0.2, -0.15) is 0 Å². The quantitative estimate of drug-likeness (QED) is 0.202. The lowest BCUT2D eigenvalue weighted by molar-refractivity contribution is 0.477. The predicted octanol–water partition coefficient (Wildman–Crippen LogP) is 11.3. The molecule has 1 rings (SSSR count). The third-order valence-electron chi connectivity index (χ3n) is 5.50. The maximum atomic E-state index is 4.00. The lowest BCUT2D eigenvalue weighted by Crippen LogP contribution is -2.03. The summed E-state index contributed by atoms with van der Waals surface area (Å²) in [5.74, 6) is 1.51. The summed E-state index contributed by atoms with van der Waals surface area (Å²) in [7, 11) is 0. The van der Waals surface area contributed by atoms with Gasteiger partial charge in [-0.05, 0) is 69.9 Å². The molecule has 0 nitrogen and oxygen atoms in total. The van der Waals surface area contributed by atoms with Crippen molar-refractivity contribution in [2.24, 2.45) is 5.92 Å². The van der Waals surface area contributed by atoms with Gasteiger partial charge in [0.2, 0.25) is 0 Å². The van der Waals surface area contributed by atoms with Gasteiger partial charge in [0.15, 0.2) is 0 Å². The van der Waals surface area contributed by atoms with Crippen LogP contribution in [0.1, 0.15) is 144 Å². The first-order valence-corrected chi connectivity index (χ1v) is 13.3. The second-order valence-corrected chi connectivity index (χ2v) is 8.37. The molecule has 1 atom stereocenters. The molecule has 1 aromatic rings. The molecular formula is C32H60. The maximum absolute atomic E-state index is 4.00. The van der Waals surface area contributed by atoms with Crippen molar-refractivity contribution in [2.75, 3.05) is 0 Å². The molecule has 0 saturated heterocycles. The van der Waals surface area contributed by atoms with Gasteiger partial charge in [-0.1, -0.05) is 123 Å². The molecule has 0 heteroatoms. The average Bonchev–Trinajstić information content (AvgIpc) is 2.82. The third-order valence-corrected chi connectivity index (χ3v) is 5.50. The SMILES string of the molecule is C#C.CC.CC.CCCCCC(CCC)C(C)=C(C)C.CCc1ccc(C)cc1C(C)C. The minimum absolute atomic E-state index is 0.653. The summed E-state index contributed by atoms with van der Waals surface area (Å²) in [6.07, 6.45) is 17.4. The number of aryl methyl sites for hydroxylation is 2. The van der Waals surface area contributed by atoms with Crippen molar-refractivity contribution < 1.29 is 0 Å². The Bertz CT molecular complexity index is 553. The van der Waals surface area contributed by atoms with E-state index in [1.807, 2.05) is 27.7 Å². The summed E-state index contributed by atoms with van der Waals surface area (Å²) in [6.45, 7) is 28.3. The highest BCUT2D eigenvalue weighted by Crippen LogP contribution is 2.25. The van der Waals surface area contributed by atoms with Gasteiger partial charge < -0.3 is 0 Å². The number of terminal acetylenes is 1. The summed E-state index contributed by atoms with van der Waals surface area (Å²) in [5, 5.41) is 0. The van der Waals surface area contributed by atoms with E-state index in [1.165, 1.54) is 60.8 Å². The van der Waals surface area contributed by atoms with Gasteiger partial charge in [0.05, 0.1) is 0 Å². The van der Waals surface area contributed by atoms with E-state index in [1.54, 1.807) is 5.57 Å². The smallest absolute Gasteiger partial charge is 0.0204 e. The molecule has 0 bridgehead atoms. The first kappa shape index (κ1) is 37.8. The third kappa shape index (κ3) is 19.2. The molecule has 0 heterocycles. The summed E-state index contributed by atoms with van der Waals surface area (Å²) < 4.78 is 0. The molecule has 0 radical (unpaired) electrons. The van der Waals surface area contributed by atoms with Crippen LogP contribution in [0.2, 0.25) is 0 Å². The molecule has 0 amide bonds. The van der Waals surface area contributed by atoms with E-state index in [0.717, 1.165) is 12.3 Å². The molecule has 0 saturated carbocycles. The minimum atomic E-state index is 0.653. The van der Waals surface area contributed by atoms with Crippen LogP contribution in [0.5, 0.6) is 0 Å². The Hall–Kier alpha value is -1.48. The van der Waals surface area contributed by atoms with Crippen LogP contribution in [0.3, 0.4) is 0 Å². The lowest BCUT2D eigenvalue weighted by Gasteiger charge is -2.18. The summed E-state index contributed by atoms with van der Waals surface area (Å²) in [4.78, 5) is 0. The largest absolute Gasteiger partial charge is 0.124 e. The standard InChI is InChI=1S/C14H28.C12H18.2C2H6.C2H2/c1-6-8-9-11-14(10-7-2)13(5)12(3)4;1-5-11-7-6-10(4)8-12(11)9(2)3;3*1-2/h14H,6-11H2,1-5H3;6-9H,5H2,1-4H3;2*1-2H3;1-2H. The fourth-order valence-electron chi connectivity index (χ4n) is 3.55. The Morgan fingerprint density at radius 3 is 1.72 bits per heavy atom. The van der Waals surface area contributed by atoms with E-state index in [0.29, 0.717) is 5.92 Å². The van der Waals surface area contributed by atoms with E-state index in [4.69, 9.17) is 0 Å². The van der Waals surface area contributed by atoms with Crippen molar-refractivity contribution in [1.82, 2.24) is 0 Å². The van der Waals surface area contributed by atoms with Gasteiger partial charge in [0.1, 0.15) is 0 Å². The van der Waals surface area contributed by atoms with E-state index < -0.39 is 0 Å². The molecule has 0 fully saturated rings. The van der Waals surface area contributed by atoms with E-state index in [2.05, 4.69) is 93.4 Å². The fourth-order valence-corrected chi connectivity index (χ4v) is 3.55. The summed E-state index contributed by atoms with van der Waals surface area (Å²) >= 11 is 0. The average molecular weight is 445 g/mol. The van der Waals surface area contributed by atoms with Crippen LogP contribution in [0.25, 0.3) is 0 Å². The van der Waals surface area contributed by atoms with Gasteiger partial charge in [-0.3, -0.25) is 0 Å². The highest BCUT2D eigenvalue weighted by molar-refractivity contribution is 5.33. The van der Waals surface area contributed by atoms with Crippen LogP contribution in [0.4, 0.5) is 0 Å². The number of hydrogen-bond donors (Lipinski definition) is 0. The van der Waals surface area contributed by atoms with Gasteiger partial charge in [-0.25, -0.2) is 0 Å². The number of rotatable bonds is 9. The predicted molar refractivity (Wildman–Crippen MR) is 154 cm³/mol. The summed E-state index contributed by atoms with van der Waals surface area (Å²) in [6, 6.07) is 6.76. The van der Waals surface area contributed by atoms with Crippen molar-refractivity contribution in [1.29, 1.82) is 0 Å². The number of unbranched alkanes of at least 4 members (excludes halogenated alkanes) is 2. The molecule has 0 aliphatic rings. The van der Waals surface area contributed by atoms with E-state index >= 15 is 0 Å². The van der Waals surface area contributed by atoms with Crippen molar-refractivity contribution >= 4 is 0 Å². The molecule has 0 aromatic heterocycles. The first-order valence-electron chi connectivity index (χ1n) is 13.3. The van der Waals surface area contributed by atoms with Crippen molar-refractivity contribution in [2.45, 2.75) is 141 Å². The molecule has 188 valence electrons. The van der Waals surface area contributed by atoms with Crippen LogP contribution in [0.15, 0.2) is 29.3 Å². The zero-order chi connectivity index (χ0) is 26.1. The Morgan fingerprint density at radius 2 is 1.34 bits per heavy atom. The fraction of sp³-hybridized carbons (Fsp3) is 0.688. The highest BCUT2D eigenvalue weighted by Gasteiger charge is 2.10. The second kappa shape index (κ2) is 27.6. The van der Waals surface area contributed by atoms with Crippen molar-refractivity contribution in [3.05, 3.63) is 46.0 Å². The number of benzene rings is 1. The second-order valence-electron chi connectivity index (χ2n) is 8.37. The molecule has 0 N–H and O–H groups in total. The molecule has 0 aliphatic heterocycles. The highest BCUT2D eigenvalue weighted by atomic mass is 14.2. The minimum Gasteiger partial charge on any atom is -0.124 e. The van der Waals surface area contributed by atoms with Crippen molar-refractivity contribution in [3.8, 4) is 12.8 Å². The zero-order valence-electron chi connectivity index (χ0n) is 24.5. The molecule has 0 aliphatic carbocycles. The van der Waals surface area contributed by atoms with E-state index in [9.17, 15) is 0 Å². The molecule has 1 unspecified atom stereocenters. The zero-order valence-corrected chi connectivity index (χ0v) is 24.5. The molecular weight excluding hydrogens is 384 g/mol. The Kier molecular flexibility index (Phi) is 32.6. The molecule has 1 aromatic carbocycles. The Labute approximate surface area is 205 Å². The normalized spacial score (nSPS) is 10.0. The van der Waals surface area contributed by atoms with Crippen LogP contribution in [-0.2, 0) is 6.42 Å². The van der Waals surface area contributed by atoms with Crippen LogP contribution in [-0.4, -0.2) is 0 Å². The van der Waals surface area contributed by atoms with E-state index in [-0.39, 0.29) is 0 Å². The Balaban J connectivity index is -0.000000199. The maximum Gasteiger partial charge on any atom is -0.0204 e. The van der Waals surface area contributed by atoms with Gasteiger partial charge in [0.25, 0.3) is 0 Å². The molecule has 0 spiro atoms.